The number of carboxylic acids is 1. The van der Waals surface area contributed by atoms with E-state index in [0.29, 0.717) is 0 Å². The van der Waals surface area contributed by atoms with Gasteiger partial charge >= 0.3 is 5.97 Å². The van der Waals surface area contributed by atoms with Crippen LogP contribution in [0, 0.1) is 11.3 Å². The van der Waals surface area contributed by atoms with Gasteiger partial charge in [0.15, 0.2) is 17.9 Å². The van der Waals surface area contributed by atoms with Crippen molar-refractivity contribution in [1.82, 2.24) is 26.6 Å². The number of piperazine rings is 1. The number of fused-ring (bicyclic) bond motifs is 3. The third-order valence-electron chi connectivity index (χ3n) is 8.33. The highest BCUT2D eigenvalue weighted by atomic mass is 16.4. The number of carbonyl (C=O) groups is 6. The molecule has 1 aromatic rings. The number of benzene rings is 1. The van der Waals surface area contributed by atoms with Crippen LogP contribution in [0.1, 0.15) is 18.4 Å². The molecule has 3 saturated heterocycles. The number of hydrogen-bond acceptors (Lipinski definition) is 9. The number of rotatable bonds is 5. The van der Waals surface area contributed by atoms with Crippen molar-refractivity contribution in [3.05, 3.63) is 35.9 Å². The molecule has 16 heteroatoms. The first-order chi connectivity index (χ1) is 18.9. The molecule has 0 radical (unpaired) electrons. The van der Waals surface area contributed by atoms with Crippen molar-refractivity contribution in [2.24, 2.45) is 33.5 Å². The topological polar surface area (TPSA) is 273 Å². The normalized spacial score (nSPS) is 36.8. The van der Waals surface area contributed by atoms with Gasteiger partial charge in [0.2, 0.25) is 17.7 Å². The predicted octanol–water partition coefficient (Wildman–Crippen LogP) is -4.94. The molecule has 0 bridgehead atoms. The summed E-state index contributed by atoms with van der Waals surface area (Å²) in [7, 11) is 0. The van der Waals surface area contributed by atoms with Crippen LogP contribution in [0.4, 0.5) is 0 Å². The van der Waals surface area contributed by atoms with Crippen LogP contribution in [0.5, 0.6) is 0 Å². The number of hydrogen-bond donors (Lipinski definition) is 9. The number of carbonyl (C=O) groups excluding carboxylic acids is 5. The summed E-state index contributed by atoms with van der Waals surface area (Å²) >= 11 is 0. The van der Waals surface area contributed by atoms with Crippen molar-refractivity contribution in [2.75, 3.05) is 13.1 Å². The summed E-state index contributed by atoms with van der Waals surface area (Å²) in [6, 6.07) is 4.79. The second kappa shape index (κ2) is 9.27. The van der Waals surface area contributed by atoms with Crippen LogP contribution < -0.4 is 43.8 Å². The molecule has 3 aliphatic heterocycles. The smallest absolute Gasteiger partial charge is 0.309 e. The Morgan fingerprint density at radius 2 is 1.68 bits per heavy atom. The molecular formula is C24H29N9O7. The van der Waals surface area contributed by atoms with Crippen LogP contribution in [0.2, 0.25) is 0 Å². The van der Waals surface area contributed by atoms with Gasteiger partial charge in [-0.1, -0.05) is 30.3 Å². The highest BCUT2D eigenvalue weighted by molar-refractivity contribution is 6.08. The fraction of sp³-hybridized carbons (Fsp3) is 0.458. The molecule has 4 amide bonds. The van der Waals surface area contributed by atoms with E-state index in [9.17, 15) is 33.9 Å². The zero-order chi connectivity index (χ0) is 29.0. The Labute approximate surface area is 226 Å². The molecule has 7 atom stereocenters. The average Bonchev–Trinajstić information content (AvgIpc) is 3.63. The first-order valence-electron chi connectivity index (χ1n) is 12.5. The number of carboxylic acid groups (broad SMARTS) is 1. The minimum Gasteiger partial charge on any atom is -0.481 e. The van der Waals surface area contributed by atoms with Gasteiger partial charge in [-0.3, -0.25) is 39.1 Å². The molecule has 5 rings (SSSR count). The third-order valence-corrected chi connectivity index (χ3v) is 8.33. The van der Waals surface area contributed by atoms with Gasteiger partial charge in [-0.15, -0.1) is 0 Å². The Balaban J connectivity index is 1.88. The molecular weight excluding hydrogens is 526 g/mol. The highest BCUT2D eigenvalue weighted by Gasteiger charge is 2.78. The Kier molecular flexibility index (Phi) is 6.26. The van der Waals surface area contributed by atoms with Crippen molar-refractivity contribution >= 4 is 41.3 Å². The highest BCUT2D eigenvalue weighted by Crippen LogP contribution is 2.57. The molecule has 3 heterocycles. The molecule has 0 aromatic heterocycles. The van der Waals surface area contributed by atoms with E-state index in [2.05, 4.69) is 31.6 Å². The number of piperidine rings is 1. The van der Waals surface area contributed by atoms with Gasteiger partial charge in [0.05, 0.1) is 23.4 Å². The van der Waals surface area contributed by atoms with Crippen LogP contribution in [-0.4, -0.2) is 83.3 Å². The van der Waals surface area contributed by atoms with E-state index in [4.69, 9.17) is 17.2 Å². The summed E-state index contributed by atoms with van der Waals surface area (Å²) < 4.78 is 0. The Morgan fingerprint density at radius 3 is 2.30 bits per heavy atom. The summed E-state index contributed by atoms with van der Waals surface area (Å²) in [5.74, 6) is -6.86. The van der Waals surface area contributed by atoms with Crippen molar-refractivity contribution in [1.29, 1.82) is 0 Å². The van der Waals surface area contributed by atoms with E-state index in [0.717, 1.165) is 0 Å². The van der Waals surface area contributed by atoms with Gasteiger partial charge < -0.3 is 43.6 Å². The van der Waals surface area contributed by atoms with Crippen LogP contribution in [0.25, 0.3) is 0 Å². The van der Waals surface area contributed by atoms with Crippen LogP contribution in [0.3, 0.4) is 0 Å². The van der Waals surface area contributed by atoms with E-state index in [1.54, 1.807) is 30.3 Å². The number of nitrogens with one attached hydrogen (secondary N) is 5. The maximum atomic E-state index is 14.3. The molecule has 12 N–H and O–H groups in total. The number of nitrogens with zero attached hydrogens (tertiary/aromatic N) is 1. The summed E-state index contributed by atoms with van der Waals surface area (Å²) in [4.78, 5) is 84.3. The first kappa shape index (κ1) is 27.0. The van der Waals surface area contributed by atoms with E-state index in [1.165, 1.54) is 0 Å². The van der Waals surface area contributed by atoms with E-state index >= 15 is 0 Å². The molecule has 40 heavy (non-hydrogen) atoms. The third kappa shape index (κ3) is 3.70. The Morgan fingerprint density at radius 1 is 0.975 bits per heavy atom. The summed E-state index contributed by atoms with van der Waals surface area (Å²) in [6.45, 7) is -0.722. The van der Waals surface area contributed by atoms with Crippen LogP contribution in [-0.2, 0) is 34.3 Å². The maximum absolute atomic E-state index is 14.3. The Bertz CT molecular complexity index is 1350. The van der Waals surface area contributed by atoms with E-state index in [1.807, 2.05) is 0 Å². The molecule has 1 aliphatic carbocycles. The van der Waals surface area contributed by atoms with Gasteiger partial charge in [0.1, 0.15) is 17.6 Å². The van der Waals surface area contributed by atoms with Crippen molar-refractivity contribution in [3.8, 4) is 0 Å². The van der Waals surface area contributed by atoms with E-state index < -0.39 is 82.6 Å². The lowest BCUT2D eigenvalue weighted by Crippen LogP contribution is -2.84. The van der Waals surface area contributed by atoms with Gasteiger partial charge in [-0.25, -0.2) is 0 Å². The molecule has 4 aliphatic rings. The second-order valence-electron chi connectivity index (χ2n) is 10.4. The molecule has 1 aromatic carbocycles. The van der Waals surface area contributed by atoms with Gasteiger partial charge in [0, 0.05) is 6.54 Å². The van der Waals surface area contributed by atoms with Crippen LogP contribution in [0.15, 0.2) is 35.3 Å². The first-order valence-corrected chi connectivity index (χ1v) is 12.5. The van der Waals surface area contributed by atoms with Crippen molar-refractivity contribution in [3.63, 3.8) is 0 Å². The zero-order valence-electron chi connectivity index (χ0n) is 21.1. The minimum atomic E-state index is -2.04. The molecule has 16 nitrogen and oxygen atoms in total. The average molecular weight is 556 g/mol. The molecule has 1 saturated carbocycles. The molecule has 4 fully saturated rings. The molecule has 212 valence electrons. The number of aliphatic imine (C=N–C) groups is 1. The van der Waals surface area contributed by atoms with Gasteiger partial charge in [-0.05, 0) is 18.4 Å². The molecule has 3 unspecified atom stereocenters. The SMILES string of the molecule is NC(N)=NCCC12C(=O)CNC(=O)[C@H]1NC(=O)C(N)NC(=O)C1NC(=O)[C@]3(C[C@H]3C(=O)O)N[C@]12c1ccccc1. The van der Waals surface area contributed by atoms with Crippen molar-refractivity contribution in [2.45, 2.75) is 42.2 Å². The van der Waals surface area contributed by atoms with Crippen molar-refractivity contribution < 1.29 is 33.9 Å². The number of guanidine groups is 1. The van der Waals surface area contributed by atoms with Crippen LogP contribution >= 0.6 is 0 Å². The maximum Gasteiger partial charge on any atom is 0.309 e. The summed E-state index contributed by atoms with van der Waals surface area (Å²) in [5, 5.41) is 22.9. The standard InChI is InChI=1S/C24H29N9O7/c25-15-18(37)30-13-16(35)29-9-12(34)22(13,6-7-28-21(26)27)24(10-4-2-1-3-5-10)14(17(36)32-15)31-20(40)23(33-24)8-11(23)19(38)39/h1-5,11,13-15,33H,6-9,25H2,(H,29,35)(H,30,37)(H,31,40)(H,32,36)(H,38,39)(H4,26,27,28)/t11-,13+,14?,15?,22?,23+,24+/m0/s1. The zero-order valence-corrected chi connectivity index (χ0v) is 21.1. The largest absolute Gasteiger partial charge is 0.481 e. The molecule has 1 spiro atoms. The summed E-state index contributed by atoms with van der Waals surface area (Å²) in [6.07, 6.45) is -2.11. The van der Waals surface area contributed by atoms with Gasteiger partial charge in [-0.2, -0.15) is 0 Å². The van der Waals surface area contributed by atoms with E-state index in [-0.39, 0.29) is 30.9 Å². The van der Waals surface area contributed by atoms with Gasteiger partial charge in [0.25, 0.3) is 5.91 Å². The lowest BCUT2D eigenvalue weighted by atomic mass is 9.52. The quantitative estimate of drug-likeness (QED) is 0.123. The fourth-order valence-corrected chi connectivity index (χ4v) is 6.45. The Hall–Kier alpha value is -4.57. The number of aliphatic carboxylic acids is 1. The summed E-state index contributed by atoms with van der Waals surface area (Å²) in [5.41, 5.74) is 11.5. The number of nitrogens with two attached hydrogens (primary N) is 3. The second-order valence-corrected chi connectivity index (χ2v) is 10.4. The lowest BCUT2D eigenvalue weighted by Gasteiger charge is -2.60. The number of Topliss-reactive ketones (excluding diaryl/α,β-unsaturated/α-hetero) is 1. The predicted molar refractivity (Wildman–Crippen MR) is 135 cm³/mol. The fourth-order valence-electron chi connectivity index (χ4n) is 6.45. The number of amides is 4. The monoisotopic (exact) mass is 555 g/mol. The number of ketones is 1. The lowest BCUT2D eigenvalue weighted by molar-refractivity contribution is -0.161. The minimum absolute atomic E-state index is 0.155.